The number of nitrogens with zero attached hydrogens (tertiary/aromatic N) is 2. The molecule has 5 nitrogen and oxygen atoms in total. The van der Waals surface area contributed by atoms with Gasteiger partial charge in [-0.25, -0.2) is 17.2 Å². The molecule has 2 aliphatic rings. The predicted octanol–water partition coefficient (Wildman–Crippen LogP) is 1.94. The average Bonchev–Trinajstić information content (AvgIpc) is 2.98. The number of rotatable bonds is 3. The van der Waals surface area contributed by atoms with E-state index in [4.69, 9.17) is 0 Å². The highest BCUT2D eigenvalue weighted by Gasteiger charge is 2.45. The third kappa shape index (κ3) is 3.30. The van der Waals surface area contributed by atoms with E-state index in [0.29, 0.717) is 13.1 Å². The number of likely N-dealkylation sites (tertiary alicyclic amines) is 1. The SMILES string of the molecule is O=C([C@@H]1C[C@H](F)CN1S(=O)(=O)c1ccc(F)cc1)N1CCCCC1. The molecule has 1 aromatic rings. The minimum atomic E-state index is -4.04. The van der Waals surface area contributed by atoms with Gasteiger partial charge in [0.25, 0.3) is 0 Å². The summed E-state index contributed by atoms with van der Waals surface area (Å²) in [5.41, 5.74) is 0. The molecule has 0 saturated carbocycles. The van der Waals surface area contributed by atoms with Gasteiger partial charge in [-0.2, -0.15) is 4.31 Å². The first kappa shape index (κ1) is 17.3. The Morgan fingerprint density at radius 1 is 1.08 bits per heavy atom. The lowest BCUT2D eigenvalue weighted by Crippen LogP contribution is -2.49. The number of carbonyl (C=O) groups is 1. The summed E-state index contributed by atoms with van der Waals surface area (Å²) in [7, 11) is -4.04. The molecule has 0 spiro atoms. The zero-order valence-corrected chi connectivity index (χ0v) is 14.0. The zero-order valence-electron chi connectivity index (χ0n) is 13.2. The van der Waals surface area contributed by atoms with Crippen LogP contribution in [0.3, 0.4) is 0 Å². The number of carbonyl (C=O) groups excluding carboxylic acids is 1. The maximum Gasteiger partial charge on any atom is 0.243 e. The van der Waals surface area contributed by atoms with Crippen LogP contribution in [0.25, 0.3) is 0 Å². The lowest BCUT2D eigenvalue weighted by atomic mass is 10.1. The largest absolute Gasteiger partial charge is 0.341 e. The van der Waals surface area contributed by atoms with Gasteiger partial charge in [0.1, 0.15) is 18.0 Å². The van der Waals surface area contributed by atoms with Crippen LogP contribution in [0.1, 0.15) is 25.7 Å². The van der Waals surface area contributed by atoms with Gasteiger partial charge in [-0.15, -0.1) is 0 Å². The molecule has 2 fully saturated rings. The van der Waals surface area contributed by atoms with Crippen molar-refractivity contribution in [3.05, 3.63) is 30.1 Å². The fourth-order valence-electron chi connectivity index (χ4n) is 3.31. The van der Waals surface area contributed by atoms with Crippen LogP contribution in [0, 0.1) is 5.82 Å². The summed E-state index contributed by atoms with van der Waals surface area (Å²) in [4.78, 5) is 14.2. The second-order valence-corrected chi connectivity index (χ2v) is 8.15. The number of sulfonamides is 1. The molecule has 2 atom stereocenters. The van der Waals surface area contributed by atoms with E-state index in [1.807, 2.05) is 0 Å². The summed E-state index contributed by atoms with van der Waals surface area (Å²) in [5, 5.41) is 0. The van der Waals surface area contributed by atoms with Gasteiger partial charge in [-0.1, -0.05) is 0 Å². The minimum absolute atomic E-state index is 0.129. The molecule has 2 heterocycles. The van der Waals surface area contributed by atoms with Crippen LogP contribution < -0.4 is 0 Å². The van der Waals surface area contributed by atoms with Crippen molar-refractivity contribution < 1.29 is 22.0 Å². The molecule has 0 unspecified atom stereocenters. The number of amides is 1. The molecule has 1 amide bonds. The van der Waals surface area contributed by atoms with Crippen molar-refractivity contribution in [2.75, 3.05) is 19.6 Å². The summed E-state index contributed by atoms with van der Waals surface area (Å²) in [6, 6.07) is 3.33. The van der Waals surface area contributed by atoms with Crippen LogP contribution in [-0.4, -0.2) is 55.4 Å². The van der Waals surface area contributed by atoms with Crippen LogP contribution in [0.5, 0.6) is 0 Å². The molecule has 0 bridgehead atoms. The molecule has 1 aromatic carbocycles. The summed E-state index contributed by atoms with van der Waals surface area (Å²) in [5.74, 6) is -0.889. The Kier molecular flexibility index (Phi) is 4.87. The highest BCUT2D eigenvalue weighted by Crippen LogP contribution is 2.29. The molecule has 0 aromatic heterocycles. The van der Waals surface area contributed by atoms with E-state index in [1.165, 1.54) is 0 Å². The number of alkyl halides is 1. The van der Waals surface area contributed by atoms with Gasteiger partial charge < -0.3 is 4.90 Å². The van der Waals surface area contributed by atoms with Gasteiger partial charge in [0, 0.05) is 26.1 Å². The van der Waals surface area contributed by atoms with Crippen molar-refractivity contribution in [1.82, 2.24) is 9.21 Å². The summed E-state index contributed by atoms with van der Waals surface area (Å²) in [6.45, 7) is 0.817. The predicted molar refractivity (Wildman–Crippen MR) is 84.0 cm³/mol. The van der Waals surface area contributed by atoms with Gasteiger partial charge >= 0.3 is 0 Å². The van der Waals surface area contributed by atoms with Crippen molar-refractivity contribution in [3.63, 3.8) is 0 Å². The van der Waals surface area contributed by atoms with Crippen molar-refractivity contribution >= 4 is 15.9 Å². The first-order valence-corrected chi connectivity index (χ1v) is 9.54. The van der Waals surface area contributed by atoms with Crippen LogP contribution in [0.2, 0.25) is 0 Å². The van der Waals surface area contributed by atoms with E-state index in [9.17, 15) is 22.0 Å². The molecule has 8 heteroatoms. The van der Waals surface area contributed by atoms with Crippen LogP contribution in [0.4, 0.5) is 8.78 Å². The second kappa shape index (κ2) is 6.76. The van der Waals surface area contributed by atoms with Gasteiger partial charge in [0.2, 0.25) is 15.9 Å². The monoisotopic (exact) mass is 358 g/mol. The molecule has 0 aliphatic carbocycles. The number of piperidine rings is 1. The Labute approximate surface area is 140 Å². The highest BCUT2D eigenvalue weighted by molar-refractivity contribution is 7.89. The third-order valence-corrected chi connectivity index (χ3v) is 6.47. The first-order valence-electron chi connectivity index (χ1n) is 8.10. The van der Waals surface area contributed by atoms with Crippen molar-refractivity contribution in [2.45, 2.75) is 42.8 Å². The normalized spacial score (nSPS) is 25.8. The third-order valence-electron chi connectivity index (χ3n) is 4.58. The van der Waals surface area contributed by atoms with Gasteiger partial charge in [-0.3, -0.25) is 4.79 Å². The second-order valence-electron chi connectivity index (χ2n) is 6.26. The van der Waals surface area contributed by atoms with E-state index < -0.39 is 28.1 Å². The zero-order chi connectivity index (χ0) is 17.3. The molecule has 2 aliphatic heterocycles. The van der Waals surface area contributed by atoms with Gasteiger partial charge in [0.05, 0.1) is 4.90 Å². The maximum absolute atomic E-state index is 13.9. The number of benzene rings is 1. The smallest absolute Gasteiger partial charge is 0.243 e. The van der Waals surface area contributed by atoms with E-state index in [-0.39, 0.29) is 23.8 Å². The average molecular weight is 358 g/mol. The molecule has 0 N–H and O–H groups in total. The van der Waals surface area contributed by atoms with Crippen LogP contribution >= 0.6 is 0 Å². The highest BCUT2D eigenvalue weighted by atomic mass is 32.2. The fraction of sp³-hybridized carbons (Fsp3) is 0.562. The fourth-order valence-corrected chi connectivity index (χ4v) is 4.93. The number of hydrogen-bond donors (Lipinski definition) is 0. The Bertz CT molecular complexity index is 703. The lowest BCUT2D eigenvalue weighted by Gasteiger charge is -2.32. The minimum Gasteiger partial charge on any atom is -0.341 e. The molecule has 2 saturated heterocycles. The maximum atomic E-state index is 13.9. The summed E-state index contributed by atoms with van der Waals surface area (Å²) < 4.78 is 53.4. The summed E-state index contributed by atoms with van der Waals surface area (Å²) in [6.07, 6.45) is 1.29. The van der Waals surface area contributed by atoms with E-state index in [0.717, 1.165) is 47.8 Å². The van der Waals surface area contributed by atoms with Crippen molar-refractivity contribution in [1.29, 1.82) is 0 Å². The summed E-state index contributed by atoms with van der Waals surface area (Å²) >= 11 is 0. The molecule has 3 rings (SSSR count). The van der Waals surface area contributed by atoms with E-state index >= 15 is 0 Å². The van der Waals surface area contributed by atoms with Crippen LogP contribution in [0.15, 0.2) is 29.2 Å². The Morgan fingerprint density at radius 2 is 1.71 bits per heavy atom. The topological polar surface area (TPSA) is 57.7 Å². The Morgan fingerprint density at radius 3 is 2.33 bits per heavy atom. The number of hydrogen-bond acceptors (Lipinski definition) is 3. The first-order chi connectivity index (χ1) is 11.4. The molecule has 0 radical (unpaired) electrons. The standard InChI is InChI=1S/C16H20F2N2O3S/c17-12-4-6-14(7-5-12)24(22,23)20-11-13(18)10-15(20)16(21)19-8-2-1-3-9-19/h4-7,13,15H,1-3,8-11H2/t13-,15-/m0/s1. The lowest BCUT2D eigenvalue weighted by molar-refractivity contribution is -0.135. The molecular weight excluding hydrogens is 338 g/mol. The van der Waals surface area contributed by atoms with Crippen molar-refractivity contribution in [3.8, 4) is 0 Å². The molecular formula is C16H20F2N2O3S. The van der Waals surface area contributed by atoms with Crippen LogP contribution in [-0.2, 0) is 14.8 Å². The van der Waals surface area contributed by atoms with Gasteiger partial charge in [0.15, 0.2) is 0 Å². The van der Waals surface area contributed by atoms with Gasteiger partial charge in [-0.05, 0) is 43.5 Å². The molecule has 132 valence electrons. The van der Waals surface area contributed by atoms with E-state index in [2.05, 4.69) is 0 Å². The quantitative estimate of drug-likeness (QED) is 0.830. The Hall–Kier alpha value is -1.54. The van der Waals surface area contributed by atoms with E-state index in [1.54, 1.807) is 4.90 Å². The Balaban J connectivity index is 1.86. The van der Waals surface area contributed by atoms with Crippen molar-refractivity contribution in [2.24, 2.45) is 0 Å². The molecule has 24 heavy (non-hydrogen) atoms. The number of halogens is 2.